The van der Waals surface area contributed by atoms with Gasteiger partial charge in [-0.15, -0.1) is 12.4 Å². The SMILES string of the molecule is Cl.O=C(NC1CCN(c2ccc(C(F)(F)F)cn2)CC1)C1CNC1. The maximum Gasteiger partial charge on any atom is 0.417 e. The van der Waals surface area contributed by atoms with Gasteiger partial charge in [0.05, 0.1) is 11.5 Å². The lowest BCUT2D eigenvalue weighted by Crippen LogP contribution is -2.54. The van der Waals surface area contributed by atoms with Gasteiger partial charge in [-0.1, -0.05) is 0 Å². The second-order valence-electron chi connectivity index (χ2n) is 6.03. The van der Waals surface area contributed by atoms with Crippen molar-refractivity contribution in [2.45, 2.75) is 25.1 Å². The number of anilines is 1. The third-order valence-electron chi connectivity index (χ3n) is 4.39. The summed E-state index contributed by atoms with van der Waals surface area (Å²) in [4.78, 5) is 17.8. The number of halogens is 4. The summed E-state index contributed by atoms with van der Waals surface area (Å²) in [5.74, 6) is 0.713. The van der Waals surface area contributed by atoms with Crippen LogP contribution in [0.4, 0.5) is 19.0 Å². The quantitative estimate of drug-likeness (QED) is 0.859. The largest absolute Gasteiger partial charge is 0.417 e. The number of aromatic nitrogens is 1. The topological polar surface area (TPSA) is 57.3 Å². The number of amides is 1. The minimum atomic E-state index is -4.36. The van der Waals surface area contributed by atoms with E-state index in [1.807, 2.05) is 4.90 Å². The molecule has 0 unspecified atom stereocenters. The van der Waals surface area contributed by atoms with Crippen LogP contribution in [-0.2, 0) is 11.0 Å². The standard InChI is InChI=1S/C15H19F3N4O.ClH/c16-15(17,18)11-1-2-13(20-9-11)22-5-3-12(4-6-22)21-14(23)10-7-19-8-10;/h1-2,9-10,12,19H,3-8H2,(H,21,23);1H. The van der Waals surface area contributed by atoms with E-state index in [1.54, 1.807) is 0 Å². The average Bonchev–Trinajstić information content (AvgIpc) is 2.45. The lowest BCUT2D eigenvalue weighted by molar-refractivity contribution is -0.137. The summed E-state index contributed by atoms with van der Waals surface area (Å²) in [5.41, 5.74) is -0.738. The van der Waals surface area contributed by atoms with Gasteiger partial charge in [-0.05, 0) is 25.0 Å². The van der Waals surface area contributed by atoms with Crippen molar-refractivity contribution in [2.75, 3.05) is 31.1 Å². The molecule has 24 heavy (non-hydrogen) atoms. The molecule has 0 bridgehead atoms. The number of pyridine rings is 1. The van der Waals surface area contributed by atoms with E-state index in [2.05, 4.69) is 15.6 Å². The van der Waals surface area contributed by atoms with Crippen LogP contribution in [0.5, 0.6) is 0 Å². The fraction of sp³-hybridized carbons (Fsp3) is 0.600. The van der Waals surface area contributed by atoms with Gasteiger partial charge in [-0.25, -0.2) is 4.98 Å². The van der Waals surface area contributed by atoms with Crippen LogP contribution in [0.25, 0.3) is 0 Å². The van der Waals surface area contributed by atoms with Gasteiger partial charge in [-0.2, -0.15) is 13.2 Å². The molecule has 134 valence electrons. The number of carbonyl (C=O) groups excluding carboxylic acids is 1. The molecule has 3 rings (SSSR count). The van der Waals surface area contributed by atoms with Crippen molar-refractivity contribution in [3.63, 3.8) is 0 Å². The second kappa shape index (κ2) is 7.57. The molecule has 5 nitrogen and oxygen atoms in total. The first-order chi connectivity index (χ1) is 10.9. The van der Waals surface area contributed by atoms with Gasteiger partial charge in [0.2, 0.25) is 5.91 Å². The molecule has 0 spiro atoms. The molecule has 0 aromatic carbocycles. The highest BCUT2D eigenvalue weighted by Crippen LogP contribution is 2.29. The Bertz CT molecular complexity index is 555. The van der Waals surface area contributed by atoms with E-state index in [4.69, 9.17) is 0 Å². The Kier molecular flexibility index (Phi) is 5.92. The molecule has 0 saturated carbocycles. The van der Waals surface area contributed by atoms with Crippen molar-refractivity contribution < 1.29 is 18.0 Å². The summed E-state index contributed by atoms with van der Waals surface area (Å²) in [6, 6.07) is 2.59. The smallest absolute Gasteiger partial charge is 0.356 e. The fourth-order valence-corrected chi connectivity index (χ4v) is 2.79. The van der Waals surface area contributed by atoms with E-state index < -0.39 is 11.7 Å². The van der Waals surface area contributed by atoms with Crippen molar-refractivity contribution in [1.29, 1.82) is 0 Å². The first-order valence-electron chi connectivity index (χ1n) is 7.73. The molecule has 1 aromatic heterocycles. The predicted octanol–water partition coefficient (Wildman–Crippen LogP) is 1.83. The molecule has 1 amide bonds. The highest BCUT2D eigenvalue weighted by atomic mass is 35.5. The number of piperidine rings is 1. The maximum atomic E-state index is 12.5. The Hall–Kier alpha value is -1.54. The normalized spacial score (nSPS) is 19.4. The van der Waals surface area contributed by atoms with E-state index in [9.17, 15) is 18.0 Å². The van der Waals surface area contributed by atoms with Crippen molar-refractivity contribution >= 4 is 24.1 Å². The molecule has 2 saturated heterocycles. The zero-order chi connectivity index (χ0) is 16.4. The molecule has 2 aliphatic heterocycles. The van der Waals surface area contributed by atoms with Gasteiger partial charge in [0.1, 0.15) is 5.82 Å². The number of carbonyl (C=O) groups is 1. The van der Waals surface area contributed by atoms with Gasteiger partial charge in [0, 0.05) is 38.4 Å². The number of hydrogen-bond donors (Lipinski definition) is 2. The summed E-state index contributed by atoms with van der Waals surface area (Å²) in [6.07, 6.45) is -1.95. The van der Waals surface area contributed by atoms with Crippen LogP contribution in [0.1, 0.15) is 18.4 Å². The van der Waals surface area contributed by atoms with Gasteiger partial charge < -0.3 is 15.5 Å². The zero-order valence-corrected chi connectivity index (χ0v) is 13.8. The molecular formula is C15H20ClF3N4O. The molecule has 0 atom stereocenters. The Morgan fingerprint density at radius 3 is 2.38 bits per heavy atom. The monoisotopic (exact) mass is 364 g/mol. The molecule has 1 aromatic rings. The van der Waals surface area contributed by atoms with E-state index in [1.165, 1.54) is 6.07 Å². The molecule has 2 N–H and O–H groups in total. The Balaban J connectivity index is 0.00000208. The van der Waals surface area contributed by atoms with E-state index in [0.717, 1.165) is 38.2 Å². The van der Waals surface area contributed by atoms with Crippen LogP contribution >= 0.6 is 12.4 Å². The molecular weight excluding hydrogens is 345 g/mol. The number of rotatable bonds is 3. The van der Waals surface area contributed by atoms with Crippen molar-refractivity contribution in [3.05, 3.63) is 23.9 Å². The third-order valence-corrected chi connectivity index (χ3v) is 4.39. The Morgan fingerprint density at radius 2 is 1.92 bits per heavy atom. The highest BCUT2D eigenvalue weighted by Gasteiger charge is 2.31. The van der Waals surface area contributed by atoms with Gasteiger partial charge in [-0.3, -0.25) is 4.79 Å². The van der Waals surface area contributed by atoms with Crippen LogP contribution in [0, 0.1) is 5.92 Å². The molecule has 0 aliphatic carbocycles. The fourth-order valence-electron chi connectivity index (χ4n) is 2.79. The Morgan fingerprint density at radius 1 is 1.25 bits per heavy atom. The van der Waals surface area contributed by atoms with Gasteiger partial charge >= 0.3 is 6.18 Å². The van der Waals surface area contributed by atoms with Crippen LogP contribution in [0.15, 0.2) is 18.3 Å². The number of nitrogens with zero attached hydrogens (tertiary/aromatic N) is 2. The van der Waals surface area contributed by atoms with Crippen molar-refractivity contribution in [3.8, 4) is 0 Å². The van der Waals surface area contributed by atoms with E-state index >= 15 is 0 Å². The Labute approximate surface area is 144 Å². The molecule has 0 radical (unpaired) electrons. The van der Waals surface area contributed by atoms with Crippen molar-refractivity contribution in [1.82, 2.24) is 15.6 Å². The lowest BCUT2D eigenvalue weighted by atomic mass is 9.99. The summed E-state index contributed by atoms with van der Waals surface area (Å²) in [5, 5.41) is 6.11. The molecule has 2 aliphatic rings. The minimum absolute atomic E-state index is 0. The van der Waals surface area contributed by atoms with E-state index in [-0.39, 0.29) is 30.3 Å². The highest BCUT2D eigenvalue weighted by molar-refractivity contribution is 5.85. The summed E-state index contributed by atoms with van der Waals surface area (Å²) in [7, 11) is 0. The van der Waals surface area contributed by atoms with Crippen LogP contribution in [0.3, 0.4) is 0 Å². The molecule has 2 fully saturated rings. The number of hydrogen-bond acceptors (Lipinski definition) is 4. The molecule has 9 heteroatoms. The predicted molar refractivity (Wildman–Crippen MR) is 86.2 cm³/mol. The van der Waals surface area contributed by atoms with Crippen LogP contribution in [-0.4, -0.2) is 43.1 Å². The lowest BCUT2D eigenvalue weighted by Gasteiger charge is -2.35. The third kappa shape index (κ3) is 4.30. The van der Waals surface area contributed by atoms with Crippen molar-refractivity contribution in [2.24, 2.45) is 5.92 Å². The van der Waals surface area contributed by atoms with Crippen LogP contribution in [0.2, 0.25) is 0 Å². The number of nitrogens with one attached hydrogen (secondary N) is 2. The first-order valence-corrected chi connectivity index (χ1v) is 7.73. The molecule has 3 heterocycles. The average molecular weight is 365 g/mol. The number of alkyl halides is 3. The zero-order valence-electron chi connectivity index (χ0n) is 13.0. The van der Waals surface area contributed by atoms with Crippen LogP contribution < -0.4 is 15.5 Å². The second-order valence-corrected chi connectivity index (χ2v) is 6.03. The summed E-state index contributed by atoms with van der Waals surface area (Å²) < 4.78 is 37.6. The maximum absolute atomic E-state index is 12.5. The minimum Gasteiger partial charge on any atom is -0.356 e. The van der Waals surface area contributed by atoms with Gasteiger partial charge in [0.15, 0.2) is 0 Å². The summed E-state index contributed by atoms with van der Waals surface area (Å²) in [6.45, 7) is 2.82. The van der Waals surface area contributed by atoms with Gasteiger partial charge in [0.25, 0.3) is 0 Å². The van der Waals surface area contributed by atoms with E-state index in [0.29, 0.717) is 18.9 Å². The summed E-state index contributed by atoms with van der Waals surface area (Å²) >= 11 is 0. The first kappa shape index (κ1) is 18.8.